The van der Waals surface area contributed by atoms with E-state index in [2.05, 4.69) is 291 Å². The van der Waals surface area contributed by atoms with Gasteiger partial charge in [-0.3, -0.25) is 0 Å². The Morgan fingerprint density at radius 1 is 0.189 bits per heavy atom. The van der Waals surface area contributed by atoms with Gasteiger partial charge in [0.25, 0.3) is 0 Å². The zero-order chi connectivity index (χ0) is 70.2. The summed E-state index contributed by atoms with van der Waals surface area (Å²) in [5.41, 5.74) is 19.4. The number of aromatic nitrogens is 10. The first kappa shape index (κ1) is 61.2. The van der Waals surface area contributed by atoms with Crippen molar-refractivity contribution in [1.29, 1.82) is 5.26 Å². The third-order valence-electron chi connectivity index (χ3n) is 20.3. The molecule has 494 valence electrons. The average molecular weight is 1350 g/mol. The average Bonchev–Trinajstić information content (AvgIpc) is 1.56. The molecule has 0 aliphatic rings. The summed E-state index contributed by atoms with van der Waals surface area (Å²) in [6, 6.07) is 127. The molecule has 6 heterocycles. The van der Waals surface area contributed by atoms with E-state index < -0.39 is 0 Å². The molecule has 0 aliphatic carbocycles. The number of hydrogen-bond donors (Lipinski definition) is 0. The van der Waals surface area contributed by atoms with Crippen LogP contribution < -0.4 is 0 Å². The molecule has 0 amide bonds. The molecule has 0 atom stereocenters. The molecule has 0 saturated heterocycles. The first-order chi connectivity index (χ1) is 52.5. The lowest BCUT2D eigenvalue weighted by Crippen LogP contribution is -2.01. The zero-order valence-electron chi connectivity index (χ0n) is 57.0. The second-order valence-corrected chi connectivity index (χ2v) is 26.6. The highest BCUT2D eigenvalue weighted by Gasteiger charge is 2.23. The van der Waals surface area contributed by atoms with E-state index in [0.29, 0.717) is 40.5 Å². The molecular formula is C95H59N11. The molecule has 0 unspecified atom stereocenters. The van der Waals surface area contributed by atoms with E-state index in [9.17, 15) is 5.26 Å². The van der Waals surface area contributed by atoms with E-state index in [1.54, 1.807) is 6.07 Å². The Bertz CT molecular complexity index is 7090. The lowest BCUT2D eigenvalue weighted by atomic mass is 10.1. The van der Waals surface area contributed by atoms with Crippen molar-refractivity contribution < 1.29 is 0 Å². The van der Waals surface area contributed by atoms with Crippen LogP contribution in [0.3, 0.4) is 0 Å². The van der Waals surface area contributed by atoms with Crippen molar-refractivity contribution in [3.8, 4) is 97.1 Å². The second-order valence-electron chi connectivity index (χ2n) is 26.6. The highest BCUT2D eigenvalue weighted by atomic mass is 15.1. The molecule has 0 saturated carbocycles. The topological polar surface area (TPSA) is 121 Å². The van der Waals surface area contributed by atoms with Crippen LogP contribution in [0.2, 0.25) is 0 Å². The van der Waals surface area contributed by atoms with Crippen LogP contribution in [0.25, 0.3) is 189 Å². The summed E-state index contributed by atoms with van der Waals surface area (Å²) in [5, 5.41) is 21.6. The van der Waals surface area contributed by atoms with Crippen LogP contribution in [-0.2, 0) is 0 Å². The number of rotatable bonds is 10. The lowest BCUT2D eigenvalue weighted by molar-refractivity contribution is 1.07. The molecule has 0 bridgehead atoms. The van der Waals surface area contributed by atoms with E-state index in [1.807, 2.05) is 84.9 Å². The van der Waals surface area contributed by atoms with Gasteiger partial charge in [-0.15, -0.1) is 0 Å². The molecule has 0 aliphatic heterocycles. The first-order valence-electron chi connectivity index (χ1n) is 35.4. The van der Waals surface area contributed by atoms with E-state index in [0.717, 1.165) is 89.1 Å². The Hall–Kier alpha value is -14.7. The number of nitriles is 1. The van der Waals surface area contributed by atoms with Crippen molar-refractivity contribution >= 4 is 98.0 Å². The van der Waals surface area contributed by atoms with Crippen LogP contribution in [0.4, 0.5) is 0 Å². The maximum absolute atomic E-state index is 9.61. The Labute approximate surface area is 608 Å². The van der Waals surface area contributed by atoms with Gasteiger partial charge in [0.05, 0.1) is 55.8 Å². The van der Waals surface area contributed by atoms with Gasteiger partial charge in [0, 0.05) is 99.2 Å². The van der Waals surface area contributed by atoms with Crippen molar-refractivity contribution in [3.63, 3.8) is 0 Å². The molecule has 106 heavy (non-hydrogen) atoms. The minimum Gasteiger partial charge on any atom is -0.309 e. The maximum Gasteiger partial charge on any atom is 0.164 e. The van der Waals surface area contributed by atoms with Crippen LogP contribution in [-0.4, -0.2) is 48.2 Å². The van der Waals surface area contributed by atoms with Crippen molar-refractivity contribution in [1.82, 2.24) is 48.2 Å². The maximum atomic E-state index is 9.61. The van der Waals surface area contributed by atoms with E-state index in [1.165, 1.54) is 65.0 Å². The van der Waals surface area contributed by atoms with Crippen molar-refractivity contribution in [3.05, 3.63) is 363 Å². The second kappa shape index (κ2) is 25.4. The summed E-state index contributed by atoms with van der Waals surface area (Å²) in [4.78, 5) is 30.1. The number of hydrogen-bond acceptors (Lipinski definition) is 7. The van der Waals surface area contributed by atoms with Crippen molar-refractivity contribution in [2.24, 2.45) is 0 Å². The fraction of sp³-hybridized carbons (Fsp3) is 0. The van der Waals surface area contributed by atoms with Gasteiger partial charge in [-0.05, 0) is 126 Å². The largest absolute Gasteiger partial charge is 0.309 e. The molecule has 0 fully saturated rings. The molecule has 6 aromatic heterocycles. The van der Waals surface area contributed by atoms with Crippen LogP contribution in [0.1, 0.15) is 5.56 Å². The normalized spacial score (nSPS) is 11.6. The fourth-order valence-corrected chi connectivity index (χ4v) is 15.5. The molecule has 11 heteroatoms. The molecule has 0 N–H and O–H groups in total. The van der Waals surface area contributed by atoms with Gasteiger partial charge in [0.15, 0.2) is 34.9 Å². The third kappa shape index (κ3) is 10.5. The van der Waals surface area contributed by atoms with Gasteiger partial charge < -0.3 is 18.3 Å². The highest BCUT2D eigenvalue weighted by Crippen LogP contribution is 2.43. The smallest absolute Gasteiger partial charge is 0.164 e. The molecule has 21 aromatic rings. The summed E-state index contributed by atoms with van der Waals surface area (Å²) >= 11 is 0. The summed E-state index contributed by atoms with van der Waals surface area (Å²) < 4.78 is 9.47. The van der Waals surface area contributed by atoms with E-state index in [4.69, 9.17) is 29.9 Å². The third-order valence-corrected chi connectivity index (χ3v) is 20.3. The fourth-order valence-electron chi connectivity index (χ4n) is 15.5. The summed E-state index contributed by atoms with van der Waals surface area (Å²) in [7, 11) is 0. The highest BCUT2D eigenvalue weighted by molar-refractivity contribution is 6.21. The Morgan fingerprint density at radius 2 is 0.481 bits per heavy atom. The van der Waals surface area contributed by atoms with E-state index in [-0.39, 0.29) is 0 Å². The van der Waals surface area contributed by atoms with Crippen LogP contribution in [0.15, 0.2) is 358 Å². The van der Waals surface area contributed by atoms with Crippen molar-refractivity contribution in [2.45, 2.75) is 0 Å². The first-order valence-corrected chi connectivity index (χ1v) is 35.4. The monoisotopic (exact) mass is 1350 g/mol. The van der Waals surface area contributed by atoms with Gasteiger partial charge in [-0.1, -0.05) is 243 Å². The molecule has 0 spiro atoms. The molecular weight excluding hydrogens is 1300 g/mol. The molecule has 21 rings (SSSR count). The SMILES string of the molecule is N#Cc1cccc(-c2nc(-c3ccccc3)nc(-c3cccc(-n4c5ccccc5c5cc6c7ccccc7n(-c7ccccc7)c6cc54)c3)n2)c1.c1ccc(-c2nc(-c3cccc(-n4c5ccccc5c5cc6c7ccccc7n(-c7ccccc7)c6cc54)c3)nc(-c3ccc4ccccc4c3)n2)cc1. The van der Waals surface area contributed by atoms with Gasteiger partial charge in [0.2, 0.25) is 0 Å². The van der Waals surface area contributed by atoms with Gasteiger partial charge >= 0.3 is 0 Å². The van der Waals surface area contributed by atoms with E-state index >= 15 is 0 Å². The summed E-state index contributed by atoms with van der Waals surface area (Å²) in [5.74, 6) is 3.55. The Balaban J connectivity index is 0.000000140. The summed E-state index contributed by atoms with van der Waals surface area (Å²) in [6.45, 7) is 0. The number of nitrogens with zero attached hydrogens (tertiary/aromatic N) is 11. The minimum absolute atomic E-state index is 0.513. The Kier molecular flexibility index (Phi) is 14.7. The van der Waals surface area contributed by atoms with Gasteiger partial charge in [-0.25, -0.2) is 29.9 Å². The predicted molar refractivity (Wildman–Crippen MR) is 432 cm³/mol. The van der Waals surface area contributed by atoms with Crippen LogP contribution >= 0.6 is 0 Å². The number of benzene rings is 15. The van der Waals surface area contributed by atoms with Gasteiger partial charge in [-0.2, -0.15) is 5.26 Å². The predicted octanol–water partition coefficient (Wildman–Crippen LogP) is 23.2. The molecule has 0 radical (unpaired) electrons. The quantitative estimate of drug-likeness (QED) is 0.134. The zero-order valence-corrected chi connectivity index (χ0v) is 57.0. The number of para-hydroxylation sites is 6. The van der Waals surface area contributed by atoms with Crippen LogP contribution in [0.5, 0.6) is 0 Å². The molecule has 15 aromatic carbocycles. The number of fused-ring (bicyclic) bond motifs is 13. The summed E-state index contributed by atoms with van der Waals surface area (Å²) in [6.07, 6.45) is 0. The lowest BCUT2D eigenvalue weighted by Gasteiger charge is -2.12. The Morgan fingerprint density at radius 3 is 0.877 bits per heavy atom. The van der Waals surface area contributed by atoms with Crippen LogP contribution in [0, 0.1) is 11.3 Å². The van der Waals surface area contributed by atoms with Gasteiger partial charge in [0.1, 0.15) is 0 Å². The molecule has 11 nitrogen and oxygen atoms in total. The standard InChI is InChI=1S/C49H31N5.C46H28N6/c1-3-15-33(16-4-1)47-50-48(52-49(51-47)36-27-26-32-14-7-8-17-34(32)28-36)35-18-13-21-38(29-35)54-44-25-12-10-23-40(44)42-30-41-39-22-9-11-24-43(39)53(45(41)31-46(42)54)37-19-5-2-6-20-37;47-29-30-13-11-16-32(25-30)45-48-44(31-14-3-1-4-15-31)49-46(50-45)33-17-12-20-35(26-33)52-41-24-10-8-22-37(41)39-27-38-36-21-7-9-23-40(36)51(42(38)28-43(39)52)34-18-5-2-6-19-34/h1-31H;1-28H. The van der Waals surface area contributed by atoms with Crippen molar-refractivity contribution in [2.75, 3.05) is 0 Å². The minimum atomic E-state index is 0.513.